The summed E-state index contributed by atoms with van der Waals surface area (Å²) in [6, 6.07) is 16.7. The Morgan fingerprint density at radius 2 is 1.82 bits per heavy atom. The van der Waals surface area contributed by atoms with Gasteiger partial charge in [0.2, 0.25) is 0 Å². The minimum Gasteiger partial charge on any atom is -0.497 e. The highest BCUT2D eigenvalue weighted by molar-refractivity contribution is 7.98. The van der Waals surface area contributed by atoms with Gasteiger partial charge < -0.3 is 4.74 Å². The fraction of sp³-hybridized carbons (Fsp3) is 0.200. The van der Waals surface area contributed by atoms with E-state index in [1.165, 1.54) is 16.0 Å². The molecule has 88 valence electrons. The number of thioether (sulfide) groups is 1. The van der Waals surface area contributed by atoms with Crippen molar-refractivity contribution in [3.8, 4) is 5.75 Å². The van der Waals surface area contributed by atoms with Crippen molar-refractivity contribution in [2.24, 2.45) is 0 Å². The lowest BCUT2D eigenvalue weighted by Crippen LogP contribution is -1.86. The number of benzene rings is 2. The van der Waals surface area contributed by atoms with Crippen molar-refractivity contribution < 1.29 is 4.74 Å². The first-order valence-electron chi connectivity index (χ1n) is 5.61. The first-order valence-corrected chi connectivity index (χ1v) is 6.59. The minimum absolute atomic E-state index is 0.923. The van der Waals surface area contributed by atoms with Gasteiger partial charge in [-0.3, -0.25) is 0 Å². The molecule has 0 fully saturated rings. The lowest BCUT2D eigenvalue weighted by atomic mass is 10.2. The standard InChI is InChI=1S/C15H16OS/c1-12-10-14(16-2)8-9-15(12)17-11-13-6-4-3-5-7-13/h3-10H,11H2,1-2H3. The summed E-state index contributed by atoms with van der Waals surface area (Å²) in [5.41, 5.74) is 2.62. The van der Waals surface area contributed by atoms with E-state index >= 15 is 0 Å². The van der Waals surface area contributed by atoms with E-state index in [9.17, 15) is 0 Å². The van der Waals surface area contributed by atoms with E-state index in [4.69, 9.17) is 4.74 Å². The summed E-state index contributed by atoms with van der Waals surface area (Å²) in [5, 5.41) is 0. The second-order valence-corrected chi connectivity index (χ2v) is 4.92. The summed E-state index contributed by atoms with van der Waals surface area (Å²) in [4.78, 5) is 1.31. The first kappa shape index (κ1) is 12.1. The zero-order valence-electron chi connectivity index (χ0n) is 10.1. The highest BCUT2D eigenvalue weighted by atomic mass is 32.2. The summed E-state index contributed by atoms with van der Waals surface area (Å²) < 4.78 is 5.20. The Balaban J connectivity index is 2.04. The van der Waals surface area contributed by atoms with Crippen LogP contribution in [0.1, 0.15) is 11.1 Å². The van der Waals surface area contributed by atoms with Crippen molar-refractivity contribution >= 4 is 11.8 Å². The Bertz CT molecular complexity index is 480. The molecule has 0 aliphatic rings. The maximum absolute atomic E-state index is 5.20. The molecule has 0 aliphatic heterocycles. The minimum atomic E-state index is 0.923. The van der Waals surface area contributed by atoms with Crippen LogP contribution in [-0.2, 0) is 5.75 Å². The van der Waals surface area contributed by atoms with Crippen molar-refractivity contribution in [3.05, 3.63) is 59.7 Å². The average Bonchev–Trinajstić information content (AvgIpc) is 2.38. The molecule has 2 rings (SSSR count). The molecule has 2 heteroatoms. The molecule has 17 heavy (non-hydrogen) atoms. The topological polar surface area (TPSA) is 9.23 Å². The number of methoxy groups -OCH3 is 1. The zero-order valence-corrected chi connectivity index (χ0v) is 11.0. The molecule has 0 unspecified atom stereocenters. The van der Waals surface area contributed by atoms with E-state index in [0.29, 0.717) is 0 Å². The fourth-order valence-corrected chi connectivity index (χ4v) is 2.61. The van der Waals surface area contributed by atoms with Crippen LogP contribution in [0, 0.1) is 6.92 Å². The van der Waals surface area contributed by atoms with Gasteiger partial charge in [0.1, 0.15) is 5.75 Å². The van der Waals surface area contributed by atoms with Gasteiger partial charge in [-0.05, 0) is 36.2 Å². The number of ether oxygens (including phenoxy) is 1. The third-order valence-electron chi connectivity index (χ3n) is 2.62. The van der Waals surface area contributed by atoms with Crippen molar-refractivity contribution in [3.63, 3.8) is 0 Å². The van der Waals surface area contributed by atoms with Crippen molar-refractivity contribution in [1.29, 1.82) is 0 Å². The SMILES string of the molecule is COc1ccc(SCc2ccccc2)c(C)c1. The monoisotopic (exact) mass is 244 g/mol. The maximum atomic E-state index is 5.20. The molecular formula is C15H16OS. The first-order chi connectivity index (χ1) is 8.29. The van der Waals surface area contributed by atoms with Crippen LogP contribution in [0.5, 0.6) is 5.75 Å². The number of hydrogen-bond donors (Lipinski definition) is 0. The van der Waals surface area contributed by atoms with Gasteiger partial charge >= 0.3 is 0 Å². The molecule has 0 atom stereocenters. The van der Waals surface area contributed by atoms with Crippen LogP contribution < -0.4 is 4.74 Å². The Hall–Kier alpha value is -1.41. The second-order valence-electron chi connectivity index (χ2n) is 3.91. The normalized spacial score (nSPS) is 10.2. The molecule has 0 radical (unpaired) electrons. The molecule has 0 aliphatic carbocycles. The number of aryl methyl sites for hydroxylation is 1. The summed E-state index contributed by atoms with van der Waals surface area (Å²) in [6.07, 6.45) is 0. The Kier molecular flexibility index (Phi) is 4.10. The molecule has 0 saturated carbocycles. The molecule has 0 bridgehead atoms. The Morgan fingerprint density at radius 1 is 1.06 bits per heavy atom. The lowest BCUT2D eigenvalue weighted by molar-refractivity contribution is 0.414. The number of rotatable bonds is 4. The van der Waals surface area contributed by atoms with Crippen LogP contribution in [0.3, 0.4) is 0 Å². The summed E-state index contributed by atoms with van der Waals surface area (Å²) in [6.45, 7) is 2.12. The van der Waals surface area contributed by atoms with E-state index in [-0.39, 0.29) is 0 Å². The van der Waals surface area contributed by atoms with Gasteiger partial charge in [-0.1, -0.05) is 30.3 Å². The van der Waals surface area contributed by atoms with Gasteiger partial charge in [-0.25, -0.2) is 0 Å². The van der Waals surface area contributed by atoms with Crippen molar-refractivity contribution in [2.45, 2.75) is 17.6 Å². The van der Waals surface area contributed by atoms with E-state index < -0.39 is 0 Å². The Morgan fingerprint density at radius 3 is 2.47 bits per heavy atom. The largest absolute Gasteiger partial charge is 0.497 e. The van der Waals surface area contributed by atoms with Crippen LogP contribution in [0.4, 0.5) is 0 Å². The van der Waals surface area contributed by atoms with Gasteiger partial charge in [0, 0.05) is 10.6 Å². The van der Waals surface area contributed by atoms with Gasteiger partial charge in [-0.2, -0.15) is 0 Å². The van der Waals surface area contributed by atoms with E-state index in [2.05, 4.69) is 43.3 Å². The van der Waals surface area contributed by atoms with Crippen LogP contribution in [0.25, 0.3) is 0 Å². The second kappa shape index (κ2) is 5.78. The average molecular weight is 244 g/mol. The predicted molar refractivity (Wildman–Crippen MR) is 73.7 cm³/mol. The molecule has 0 aromatic heterocycles. The van der Waals surface area contributed by atoms with Crippen molar-refractivity contribution in [2.75, 3.05) is 7.11 Å². The lowest BCUT2D eigenvalue weighted by Gasteiger charge is -2.07. The maximum Gasteiger partial charge on any atom is 0.119 e. The van der Waals surface area contributed by atoms with Crippen LogP contribution >= 0.6 is 11.8 Å². The molecule has 0 spiro atoms. The summed E-state index contributed by atoms with van der Waals surface area (Å²) in [7, 11) is 1.70. The number of hydrogen-bond acceptors (Lipinski definition) is 2. The van der Waals surface area contributed by atoms with Crippen molar-refractivity contribution in [1.82, 2.24) is 0 Å². The highest BCUT2D eigenvalue weighted by Crippen LogP contribution is 2.28. The van der Waals surface area contributed by atoms with Gasteiger partial charge in [-0.15, -0.1) is 11.8 Å². The van der Waals surface area contributed by atoms with Gasteiger partial charge in [0.05, 0.1) is 7.11 Å². The van der Waals surface area contributed by atoms with Crippen LogP contribution in [-0.4, -0.2) is 7.11 Å². The molecular weight excluding hydrogens is 228 g/mol. The molecule has 0 N–H and O–H groups in total. The van der Waals surface area contributed by atoms with E-state index in [1.807, 2.05) is 23.9 Å². The van der Waals surface area contributed by atoms with Gasteiger partial charge in [0.15, 0.2) is 0 Å². The molecule has 2 aromatic rings. The third-order valence-corrected chi connectivity index (χ3v) is 3.87. The van der Waals surface area contributed by atoms with Crippen LogP contribution in [0.2, 0.25) is 0 Å². The molecule has 0 amide bonds. The predicted octanol–water partition coefficient (Wildman–Crippen LogP) is 4.30. The van der Waals surface area contributed by atoms with E-state index in [0.717, 1.165) is 11.5 Å². The van der Waals surface area contributed by atoms with Gasteiger partial charge in [0.25, 0.3) is 0 Å². The molecule has 1 nitrogen and oxygen atoms in total. The quantitative estimate of drug-likeness (QED) is 0.742. The Labute approximate surface area is 107 Å². The molecule has 0 saturated heterocycles. The van der Waals surface area contributed by atoms with E-state index in [1.54, 1.807) is 7.11 Å². The molecule has 2 aromatic carbocycles. The summed E-state index contributed by atoms with van der Waals surface area (Å²) in [5.74, 6) is 1.93. The highest BCUT2D eigenvalue weighted by Gasteiger charge is 2.01. The zero-order chi connectivity index (χ0) is 12.1. The third kappa shape index (κ3) is 3.27. The van der Waals surface area contributed by atoms with Crippen LogP contribution in [0.15, 0.2) is 53.4 Å². The smallest absolute Gasteiger partial charge is 0.119 e. The fourth-order valence-electron chi connectivity index (χ4n) is 1.65. The summed E-state index contributed by atoms with van der Waals surface area (Å²) >= 11 is 1.86. The molecule has 0 heterocycles.